The van der Waals surface area contributed by atoms with Gasteiger partial charge >= 0.3 is 0 Å². The number of hydrogen-bond acceptors (Lipinski definition) is 0. The van der Waals surface area contributed by atoms with E-state index in [1.165, 1.54) is 63.4 Å². The van der Waals surface area contributed by atoms with Gasteiger partial charge < -0.3 is 0 Å². The van der Waals surface area contributed by atoms with E-state index in [0.29, 0.717) is 11.8 Å². The maximum atomic E-state index is 13.0. The van der Waals surface area contributed by atoms with E-state index >= 15 is 0 Å². The first-order chi connectivity index (χ1) is 12.2. The number of halogens is 1. The predicted molar refractivity (Wildman–Crippen MR) is 104 cm³/mol. The van der Waals surface area contributed by atoms with Crippen molar-refractivity contribution in [2.75, 3.05) is 0 Å². The Hall–Kier alpha value is -1.55. The Balaban J connectivity index is 1.41. The molecule has 0 nitrogen and oxygen atoms in total. The van der Waals surface area contributed by atoms with Crippen LogP contribution in [0, 0.1) is 35.4 Å². The molecule has 1 heteroatoms. The average Bonchev–Trinajstić information content (AvgIpc) is 2.67. The molecule has 0 aromatic heterocycles. The lowest BCUT2D eigenvalue weighted by Crippen LogP contribution is -2.12. The molecule has 134 valence electrons. The average molecular weight is 339 g/mol. The van der Waals surface area contributed by atoms with Gasteiger partial charge in [0.05, 0.1) is 0 Å². The Bertz CT molecular complexity index is 600. The van der Waals surface area contributed by atoms with Gasteiger partial charge in [-0.15, -0.1) is 0 Å². The summed E-state index contributed by atoms with van der Waals surface area (Å²) in [6.07, 6.45) is 16.0. The van der Waals surface area contributed by atoms with Crippen LogP contribution in [-0.4, -0.2) is 0 Å². The number of benzene rings is 1. The van der Waals surface area contributed by atoms with E-state index in [4.69, 9.17) is 0 Å². The quantitative estimate of drug-likeness (QED) is 0.527. The first-order valence-corrected chi connectivity index (χ1v) is 10.2. The molecule has 0 spiro atoms. The third-order valence-corrected chi connectivity index (χ3v) is 6.28. The van der Waals surface area contributed by atoms with Gasteiger partial charge in [0.15, 0.2) is 0 Å². The summed E-state index contributed by atoms with van der Waals surface area (Å²) in [6, 6.07) is 7.06. The second kappa shape index (κ2) is 9.23. The van der Waals surface area contributed by atoms with Crippen LogP contribution in [0.4, 0.5) is 4.39 Å². The maximum absolute atomic E-state index is 13.0. The van der Waals surface area contributed by atoms with Crippen LogP contribution in [0.3, 0.4) is 0 Å². The molecular weight excluding hydrogens is 307 g/mol. The van der Waals surface area contributed by atoms with Gasteiger partial charge in [0.25, 0.3) is 0 Å². The van der Waals surface area contributed by atoms with Crippen molar-refractivity contribution in [3.8, 4) is 11.8 Å². The minimum Gasteiger partial charge on any atom is -0.207 e. The van der Waals surface area contributed by atoms with Crippen LogP contribution in [0.25, 0.3) is 0 Å². The molecule has 1 aromatic rings. The Kier molecular flexibility index (Phi) is 6.74. The molecule has 0 saturated heterocycles. The van der Waals surface area contributed by atoms with Crippen molar-refractivity contribution < 1.29 is 4.39 Å². The van der Waals surface area contributed by atoms with Crippen molar-refractivity contribution in [2.24, 2.45) is 17.8 Å². The van der Waals surface area contributed by atoms with E-state index < -0.39 is 0 Å². The van der Waals surface area contributed by atoms with Crippen molar-refractivity contribution in [1.82, 2.24) is 0 Å². The van der Waals surface area contributed by atoms with E-state index in [-0.39, 0.29) is 5.82 Å². The van der Waals surface area contributed by atoms with Crippen LogP contribution in [0.1, 0.15) is 76.2 Å². The summed E-state index contributed by atoms with van der Waals surface area (Å²) < 4.78 is 13.0. The van der Waals surface area contributed by atoms with Crippen molar-refractivity contribution >= 4 is 0 Å². The van der Waals surface area contributed by atoms with Gasteiger partial charge in [-0.25, -0.2) is 4.39 Å². The number of hydrogen-bond donors (Lipinski definition) is 0. The van der Waals surface area contributed by atoms with Gasteiger partial charge in [-0.05, 0) is 92.9 Å². The van der Waals surface area contributed by atoms with Crippen molar-refractivity contribution in [1.29, 1.82) is 0 Å². The highest BCUT2D eigenvalue weighted by atomic mass is 19.1. The fourth-order valence-electron chi connectivity index (χ4n) is 4.45. The smallest absolute Gasteiger partial charge is 0.123 e. The van der Waals surface area contributed by atoms with Crippen LogP contribution in [0.2, 0.25) is 0 Å². The fraction of sp³-hybridized carbons (Fsp3) is 0.583. The highest BCUT2D eigenvalue weighted by Crippen LogP contribution is 2.35. The Labute approximate surface area is 152 Å². The molecule has 0 heterocycles. The second-order valence-electron chi connectivity index (χ2n) is 7.94. The molecule has 1 aromatic carbocycles. The maximum Gasteiger partial charge on any atom is 0.123 e. The molecule has 0 aliphatic heterocycles. The lowest BCUT2D eigenvalue weighted by molar-refractivity contribution is 0.304. The zero-order chi connectivity index (χ0) is 17.5. The SMILES string of the molecule is CCC1CCC(C=CC#CC2CCC(c3ccc(F)cc3)CC2)CC1. The molecular formula is C24H31F. The minimum atomic E-state index is -0.140. The summed E-state index contributed by atoms with van der Waals surface area (Å²) in [5, 5.41) is 0. The lowest BCUT2D eigenvalue weighted by Gasteiger charge is -2.26. The van der Waals surface area contributed by atoms with Crippen LogP contribution in [-0.2, 0) is 0 Å². The molecule has 0 unspecified atom stereocenters. The van der Waals surface area contributed by atoms with Crippen LogP contribution in [0.5, 0.6) is 0 Å². The minimum absolute atomic E-state index is 0.140. The zero-order valence-electron chi connectivity index (χ0n) is 15.5. The Morgan fingerprint density at radius 1 is 0.960 bits per heavy atom. The van der Waals surface area contributed by atoms with Crippen LogP contribution >= 0.6 is 0 Å². The molecule has 2 aliphatic carbocycles. The summed E-state index contributed by atoms with van der Waals surface area (Å²) >= 11 is 0. The molecule has 0 bridgehead atoms. The van der Waals surface area contributed by atoms with Crippen molar-refractivity contribution in [3.63, 3.8) is 0 Å². The molecule has 25 heavy (non-hydrogen) atoms. The number of allylic oxidation sites excluding steroid dienone is 2. The molecule has 2 saturated carbocycles. The Morgan fingerprint density at radius 3 is 2.28 bits per heavy atom. The van der Waals surface area contributed by atoms with Gasteiger partial charge in [0.1, 0.15) is 5.82 Å². The largest absolute Gasteiger partial charge is 0.207 e. The zero-order valence-corrected chi connectivity index (χ0v) is 15.5. The van der Waals surface area contributed by atoms with Crippen LogP contribution in [0.15, 0.2) is 36.4 Å². The van der Waals surface area contributed by atoms with E-state index in [1.807, 2.05) is 12.1 Å². The third-order valence-electron chi connectivity index (χ3n) is 6.28. The normalized spacial score (nSPS) is 30.0. The molecule has 2 fully saturated rings. The van der Waals surface area contributed by atoms with Gasteiger partial charge in [-0.1, -0.05) is 43.4 Å². The summed E-state index contributed by atoms with van der Waals surface area (Å²) in [4.78, 5) is 0. The molecule has 3 rings (SSSR count). The molecule has 0 atom stereocenters. The Morgan fingerprint density at radius 2 is 1.64 bits per heavy atom. The van der Waals surface area contributed by atoms with E-state index in [2.05, 4.69) is 30.9 Å². The summed E-state index contributed by atoms with van der Waals surface area (Å²) in [7, 11) is 0. The first kappa shape index (κ1) is 18.2. The predicted octanol–water partition coefficient (Wildman–Crippen LogP) is 6.88. The second-order valence-corrected chi connectivity index (χ2v) is 7.94. The standard InChI is InChI=1S/C24H31F/c1-2-19-7-9-20(10-8-19)5-3-4-6-21-11-13-22(14-12-21)23-15-17-24(25)18-16-23/h3,5,15-22H,2,7-14H2,1H3. The molecule has 0 radical (unpaired) electrons. The van der Waals surface area contributed by atoms with Crippen LogP contribution < -0.4 is 0 Å². The lowest BCUT2D eigenvalue weighted by atomic mass is 9.79. The van der Waals surface area contributed by atoms with Crippen molar-refractivity contribution in [2.45, 2.75) is 70.6 Å². The van der Waals surface area contributed by atoms with Gasteiger partial charge in [-0.2, -0.15) is 0 Å². The van der Waals surface area contributed by atoms with E-state index in [1.54, 1.807) is 12.1 Å². The summed E-state index contributed by atoms with van der Waals surface area (Å²) in [5.41, 5.74) is 1.29. The topological polar surface area (TPSA) is 0 Å². The molecule has 2 aliphatic rings. The first-order valence-electron chi connectivity index (χ1n) is 10.2. The molecule has 0 N–H and O–H groups in total. The highest BCUT2D eigenvalue weighted by molar-refractivity contribution is 5.23. The van der Waals surface area contributed by atoms with Gasteiger partial charge in [-0.3, -0.25) is 0 Å². The summed E-state index contributed by atoms with van der Waals surface area (Å²) in [5.74, 6) is 9.48. The monoisotopic (exact) mass is 338 g/mol. The van der Waals surface area contributed by atoms with E-state index in [0.717, 1.165) is 11.8 Å². The third kappa shape index (κ3) is 5.46. The van der Waals surface area contributed by atoms with Gasteiger partial charge in [0.2, 0.25) is 0 Å². The number of rotatable bonds is 3. The van der Waals surface area contributed by atoms with Gasteiger partial charge in [0, 0.05) is 5.92 Å². The van der Waals surface area contributed by atoms with E-state index in [9.17, 15) is 4.39 Å². The highest BCUT2D eigenvalue weighted by Gasteiger charge is 2.21. The fourth-order valence-corrected chi connectivity index (χ4v) is 4.45. The molecule has 0 amide bonds. The van der Waals surface area contributed by atoms with Crippen molar-refractivity contribution in [3.05, 3.63) is 47.8 Å². The summed E-state index contributed by atoms with van der Waals surface area (Å²) in [6.45, 7) is 2.32.